The van der Waals surface area contributed by atoms with E-state index in [1.165, 1.54) is 18.3 Å². The van der Waals surface area contributed by atoms with Gasteiger partial charge in [0.1, 0.15) is 29.7 Å². The Morgan fingerprint density at radius 2 is 2.00 bits per heavy atom. The van der Waals surface area contributed by atoms with Crippen LogP contribution in [0.3, 0.4) is 0 Å². The molecule has 1 fully saturated rings. The minimum atomic E-state index is -4.67. The van der Waals surface area contributed by atoms with Gasteiger partial charge in [0.2, 0.25) is 0 Å². The summed E-state index contributed by atoms with van der Waals surface area (Å²) in [5.74, 6) is -1.51. The van der Waals surface area contributed by atoms with Crippen LogP contribution in [0.4, 0.5) is 17.6 Å². The van der Waals surface area contributed by atoms with Gasteiger partial charge in [-0.15, -0.1) is 0 Å². The number of carboxylic acids is 1. The summed E-state index contributed by atoms with van der Waals surface area (Å²) in [7, 11) is 0. The van der Waals surface area contributed by atoms with E-state index in [1.807, 2.05) is 4.57 Å². The molecule has 0 aliphatic carbocycles. The van der Waals surface area contributed by atoms with Crippen molar-refractivity contribution in [1.29, 1.82) is 0 Å². The number of pyridine rings is 1. The topological polar surface area (TPSA) is 89.7 Å². The summed E-state index contributed by atoms with van der Waals surface area (Å²) in [5.41, 5.74) is 1.62. The Bertz CT molecular complexity index is 1670. The predicted molar refractivity (Wildman–Crippen MR) is 144 cm³/mol. The molecule has 8 nitrogen and oxygen atoms in total. The Kier molecular flexibility index (Phi) is 7.54. The number of nitrogens with zero attached hydrogens (tertiary/aromatic N) is 4. The molecule has 2 aliphatic rings. The first kappa shape index (κ1) is 28.4. The highest BCUT2D eigenvalue weighted by Gasteiger charge is 2.36. The normalized spacial score (nSPS) is 17.2. The molecule has 2 aliphatic heterocycles. The van der Waals surface area contributed by atoms with Crippen LogP contribution in [0.25, 0.3) is 11.0 Å². The van der Waals surface area contributed by atoms with Crippen LogP contribution in [-0.2, 0) is 43.6 Å². The van der Waals surface area contributed by atoms with Gasteiger partial charge in [0.25, 0.3) is 0 Å². The quantitative estimate of drug-likeness (QED) is 0.252. The molecule has 0 unspecified atom stereocenters. The van der Waals surface area contributed by atoms with E-state index in [-0.39, 0.29) is 22.4 Å². The molecular formula is C29H25ClF4N4O4. The van der Waals surface area contributed by atoms with Crippen molar-refractivity contribution in [3.63, 3.8) is 0 Å². The van der Waals surface area contributed by atoms with Crippen molar-refractivity contribution in [2.45, 2.75) is 51.4 Å². The molecule has 2 aromatic heterocycles. The highest BCUT2D eigenvalue weighted by atomic mass is 35.5. The SMILES string of the molecule is O=C(O)c1ccc2nc(CN3CCc4cc(C(F)(F)F)c(OCc5ncc(Cl)cc5F)cc4C3)n(C[C@@H]3CCO3)c2c1. The molecule has 220 valence electrons. The standard InChI is InChI=1S/C29H25ClF4N4O4/c30-19-10-22(31)24(35-11-19)15-42-26-9-18-12-37(5-3-16(18)7-21(26)29(32,33)34)14-27-36-23-2-1-17(28(39)40)8-25(23)38(27)13-20-4-6-41-20/h1-2,7-11,20H,3-6,12-15H2,(H,39,40)/t20-/m0/s1. The number of rotatable bonds is 8. The molecule has 42 heavy (non-hydrogen) atoms. The minimum Gasteiger partial charge on any atom is -0.487 e. The number of ether oxygens (including phenoxy) is 2. The molecule has 0 amide bonds. The molecule has 0 radical (unpaired) electrons. The summed E-state index contributed by atoms with van der Waals surface area (Å²) < 4.78 is 69.1. The van der Waals surface area contributed by atoms with Gasteiger partial charge in [0.15, 0.2) is 0 Å². The number of aromatic nitrogens is 3. The van der Waals surface area contributed by atoms with Gasteiger partial charge in [-0.2, -0.15) is 13.2 Å². The van der Waals surface area contributed by atoms with Crippen molar-refractivity contribution >= 4 is 28.6 Å². The molecule has 0 spiro atoms. The average molecular weight is 605 g/mol. The van der Waals surface area contributed by atoms with Gasteiger partial charge in [-0.25, -0.2) is 14.2 Å². The van der Waals surface area contributed by atoms with Crippen LogP contribution in [0.15, 0.2) is 42.6 Å². The lowest BCUT2D eigenvalue weighted by Crippen LogP contribution is -2.34. The third-order valence-electron chi connectivity index (χ3n) is 7.57. The molecule has 2 aromatic carbocycles. The van der Waals surface area contributed by atoms with E-state index in [1.54, 1.807) is 12.1 Å². The summed E-state index contributed by atoms with van der Waals surface area (Å²) in [6.07, 6.45) is -2.21. The van der Waals surface area contributed by atoms with Gasteiger partial charge in [-0.3, -0.25) is 9.88 Å². The molecule has 0 bridgehead atoms. The number of aromatic carboxylic acids is 1. The average Bonchev–Trinajstić information content (AvgIpc) is 3.24. The van der Waals surface area contributed by atoms with Crippen LogP contribution in [-0.4, -0.2) is 49.8 Å². The van der Waals surface area contributed by atoms with E-state index in [2.05, 4.69) is 9.88 Å². The van der Waals surface area contributed by atoms with Gasteiger partial charge in [-0.05, 0) is 60.4 Å². The van der Waals surface area contributed by atoms with Gasteiger partial charge in [0.05, 0.1) is 46.4 Å². The fraction of sp³-hybridized carbons (Fsp3) is 0.345. The maximum atomic E-state index is 14.2. The Morgan fingerprint density at radius 1 is 1.19 bits per heavy atom. The van der Waals surface area contributed by atoms with Crippen molar-refractivity contribution < 1.29 is 36.9 Å². The second kappa shape index (κ2) is 11.2. The number of carboxylic acid groups (broad SMARTS) is 1. The maximum Gasteiger partial charge on any atom is 0.419 e. The van der Waals surface area contributed by atoms with E-state index in [0.717, 1.165) is 18.6 Å². The van der Waals surface area contributed by atoms with Gasteiger partial charge in [0, 0.05) is 25.9 Å². The fourth-order valence-corrected chi connectivity index (χ4v) is 5.42. The number of halogens is 5. The van der Waals surface area contributed by atoms with Crippen molar-refractivity contribution in [2.24, 2.45) is 0 Å². The molecule has 1 N–H and O–H groups in total. The Labute approximate surface area is 242 Å². The van der Waals surface area contributed by atoms with Crippen molar-refractivity contribution in [3.8, 4) is 5.75 Å². The maximum absolute atomic E-state index is 14.2. The van der Waals surface area contributed by atoms with Crippen LogP contribution in [0.1, 0.15) is 45.0 Å². The fourth-order valence-electron chi connectivity index (χ4n) is 5.28. The highest BCUT2D eigenvalue weighted by molar-refractivity contribution is 6.30. The molecule has 4 heterocycles. The van der Waals surface area contributed by atoms with E-state index >= 15 is 0 Å². The molecular weight excluding hydrogens is 580 g/mol. The number of benzene rings is 2. The number of carbonyl (C=O) groups is 1. The van der Waals surface area contributed by atoms with E-state index in [4.69, 9.17) is 26.1 Å². The largest absolute Gasteiger partial charge is 0.487 e. The van der Waals surface area contributed by atoms with Crippen molar-refractivity contribution in [2.75, 3.05) is 13.2 Å². The lowest BCUT2D eigenvalue weighted by molar-refractivity contribution is -0.139. The van der Waals surface area contributed by atoms with Crippen LogP contribution in [0, 0.1) is 5.82 Å². The summed E-state index contributed by atoms with van der Waals surface area (Å²) >= 11 is 5.72. The van der Waals surface area contributed by atoms with Crippen molar-refractivity contribution in [3.05, 3.63) is 87.2 Å². The van der Waals surface area contributed by atoms with E-state index in [9.17, 15) is 27.5 Å². The first-order valence-corrected chi connectivity index (χ1v) is 13.6. The molecule has 0 saturated carbocycles. The predicted octanol–water partition coefficient (Wildman–Crippen LogP) is 5.87. The first-order valence-electron chi connectivity index (χ1n) is 13.3. The van der Waals surface area contributed by atoms with E-state index in [0.29, 0.717) is 67.2 Å². The second-order valence-electron chi connectivity index (χ2n) is 10.4. The Hall–Kier alpha value is -3.74. The zero-order valence-corrected chi connectivity index (χ0v) is 22.9. The van der Waals surface area contributed by atoms with Crippen LogP contribution >= 0.6 is 11.6 Å². The summed E-state index contributed by atoms with van der Waals surface area (Å²) in [5, 5.41) is 9.55. The zero-order chi connectivity index (χ0) is 29.6. The summed E-state index contributed by atoms with van der Waals surface area (Å²) in [6, 6.07) is 8.27. The van der Waals surface area contributed by atoms with Gasteiger partial charge < -0.3 is 19.1 Å². The number of hydrogen-bond acceptors (Lipinski definition) is 6. The van der Waals surface area contributed by atoms with Crippen LogP contribution in [0.5, 0.6) is 5.75 Å². The van der Waals surface area contributed by atoms with Gasteiger partial charge in [-0.1, -0.05) is 11.6 Å². The Balaban J connectivity index is 1.27. The molecule has 6 rings (SSSR count). The zero-order valence-electron chi connectivity index (χ0n) is 22.1. The number of hydrogen-bond donors (Lipinski definition) is 1. The van der Waals surface area contributed by atoms with Gasteiger partial charge >= 0.3 is 12.1 Å². The summed E-state index contributed by atoms with van der Waals surface area (Å²) in [4.78, 5) is 22.2. The minimum absolute atomic E-state index is 0.00261. The van der Waals surface area contributed by atoms with E-state index < -0.39 is 35.9 Å². The smallest absolute Gasteiger partial charge is 0.419 e. The second-order valence-corrected chi connectivity index (χ2v) is 10.8. The summed E-state index contributed by atoms with van der Waals surface area (Å²) in [6.45, 7) is 1.90. The molecule has 1 atom stereocenters. The molecule has 4 aromatic rings. The molecule has 13 heteroatoms. The van der Waals surface area contributed by atoms with Crippen LogP contribution < -0.4 is 4.74 Å². The number of imidazole rings is 1. The molecule has 1 saturated heterocycles. The number of alkyl halides is 3. The third-order valence-corrected chi connectivity index (χ3v) is 7.77. The Morgan fingerprint density at radius 3 is 2.69 bits per heavy atom. The monoisotopic (exact) mass is 604 g/mol. The highest BCUT2D eigenvalue weighted by Crippen LogP contribution is 2.40. The lowest BCUT2D eigenvalue weighted by Gasteiger charge is -2.31. The first-order chi connectivity index (χ1) is 20.0. The lowest BCUT2D eigenvalue weighted by atomic mass is 9.96. The van der Waals surface area contributed by atoms with Crippen molar-refractivity contribution in [1.82, 2.24) is 19.4 Å². The van der Waals surface area contributed by atoms with Crippen LogP contribution in [0.2, 0.25) is 5.02 Å². The number of fused-ring (bicyclic) bond motifs is 2. The third kappa shape index (κ3) is 5.79.